The van der Waals surface area contributed by atoms with Gasteiger partial charge in [-0.3, -0.25) is 0 Å². The van der Waals surface area contributed by atoms with E-state index in [1.165, 1.54) is 10.6 Å². The van der Waals surface area contributed by atoms with Gasteiger partial charge in [-0.05, 0) is 33.5 Å². The Morgan fingerprint density at radius 3 is 2.62 bits per heavy atom. The summed E-state index contributed by atoms with van der Waals surface area (Å²) in [6.45, 7) is 6.84. The van der Waals surface area contributed by atoms with Crippen LogP contribution in [0.3, 0.4) is 0 Å². The number of hydrogen-bond donors (Lipinski definition) is 1. The van der Waals surface area contributed by atoms with E-state index in [2.05, 4.69) is 43.2 Å². The van der Waals surface area contributed by atoms with Crippen LogP contribution in [-0.4, -0.2) is 64.4 Å². The van der Waals surface area contributed by atoms with Gasteiger partial charge >= 0.3 is 0 Å². The van der Waals surface area contributed by atoms with Gasteiger partial charge in [-0.1, -0.05) is 6.92 Å². The standard InChI is InChI=1S/C15H30N4OS/c1-6-13-14(12-16-8-11-20-5)21-15(17-13)19(4)10-7-9-18(2)3/h16H,6-12H2,1-5H3. The minimum atomic E-state index is 0.748. The largest absolute Gasteiger partial charge is 0.383 e. The van der Waals surface area contributed by atoms with Crippen molar-refractivity contribution in [1.29, 1.82) is 0 Å². The number of nitrogens with one attached hydrogen (secondary N) is 1. The molecule has 1 aromatic rings. The number of hydrogen-bond acceptors (Lipinski definition) is 6. The quantitative estimate of drug-likeness (QED) is 0.631. The Balaban J connectivity index is 2.52. The lowest BCUT2D eigenvalue weighted by atomic mass is 10.3. The summed E-state index contributed by atoms with van der Waals surface area (Å²) in [5, 5.41) is 4.54. The molecular weight excluding hydrogens is 284 g/mol. The van der Waals surface area contributed by atoms with Crippen LogP contribution in [0.1, 0.15) is 23.9 Å². The summed E-state index contributed by atoms with van der Waals surface area (Å²) in [6.07, 6.45) is 2.15. The van der Waals surface area contributed by atoms with Crippen molar-refractivity contribution in [2.75, 3.05) is 59.4 Å². The summed E-state index contributed by atoms with van der Waals surface area (Å²) in [6, 6.07) is 0. The van der Waals surface area contributed by atoms with Crippen molar-refractivity contribution in [1.82, 2.24) is 15.2 Å². The molecule has 6 heteroatoms. The second kappa shape index (κ2) is 10.1. The van der Waals surface area contributed by atoms with Crippen molar-refractivity contribution < 1.29 is 4.74 Å². The first-order valence-corrected chi connectivity index (χ1v) is 8.44. The zero-order chi connectivity index (χ0) is 15.7. The van der Waals surface area contributed by atoms with Crippen molar-refractivity contribution in [3.05, 3.63) is 10.6 Å². The average Bonchev–Trinajstić information content (AvgIpc) is 2.86. The minimum Gasteiger partial charge on any atom is -0.383 e. The average molecular weight is 314 g/mol. The maximum Gasteiger partial charge on any atom is 0.185 e. The molecule has 0 spiro atoms. The first kappa shape index (κ1) is 18.4. The molecule has 1 N–H and O–H groups in total. The van der Waals surface area contributed by atoms with E-state index in [4.69, 9.17) is 9.72 Å². The van der Waals surface area contributed by atoms with E-state index in [9.17, 15) is 0 Å². The fourth-order valence-electron chi connectivity index (χ4n) is 2.04. The molecule has 0 aliphatic heterocycles. The van der Waals surface area contributed by atoms with Crippen molar-refractivity contribution in [3.8, 4) is 0 Å². The summed E-state index contributed by atoms with van der Waals surface area (Å²) in [7, 11) is 8.09. The highest BCUT2D eigenvalue weighted by Crippen LogP contribution is 2.26. The van der Waals surface area contributed by atoms with Crippen LogP contribution in [-0.2, 0) is 17.7 Å². The van der Waals surface area contributed by atoms with E-state index in [1.807, 2.05) is 0 Å². The third kappa shape index (κ3) is 6.74. The van der Waals surface area contributed by atoms with Crippen molar-refractivity contribution in [2.45, 2.75) is 26.3 Å². The van der Waals surface area contributed by atoms with Gasteiger partial charge in [-0.15, -0.1) is 11.3 Å². The Hall–Kier alpha value is -0.690. The van der Waals surface area contributed by atoms with Crippen molar-refractivity contribution in [2.24, 2.45) is 0 Å². The molecule has 0 aromatic carbocycles. The predicted molar refractivity (Wildman–Crippen MR) is 91.5 cm³/mol. The van der Waals surface area contributed by atoms with Gasteiger partial charge in [0.15, 0.2) is 5.13 Å². The number of ether oxygens (including phenoxy) is 1. The predicted octanol–water partition coefficient (Wildman–Crippen LogP) is 1.83. The summed E-state index contributed by atoms with van der Waals surface area (Å²) in [5.41, 5.74) is 1.22. The highest BCUT2D eigenvalue weighted by Gasteiger charge is 2.12. The number of thiazole rings is 1. The molecule has 122 valence electrons. The third-order valence-electron chi connectivity index (χ3n) is 3.30. The van der Waals surface area contributed by atoms with Crippen LogP contribution < -0.4 is 10.2 Å². The zero-order valence-corrected chi connectivity index (χ0v) is 14.9. The van der Waals surface area contributed by atoms with Gasteiger partial charge in [0.2, 0.25) is 0 Å². The summed E-state index contributed by atoms with van der Waals surface area (Å²) < 4.78 is 5.06. The first-order valence-electron chi connectivity index (χ1n) is 7.62. The van der Waals surface area contributed by atoms with Crippen LogP contribution in [0.15, 0.2) is 0 Å². The minimum absolute atomic E-state index is 0.748. The number of aromatic nitrogens is 1. The van der Waals surface area contributed by atoms with E-state index in [-0.39, 0.29) is 0 Å². The normalized spacial score (nSPS) is 11.3. The number of methoxy groups -OCH3 is 1. The lowest BCUT2D eigenvalue weighted by molar-refractivity contribution is 0.199. The van der Waals surface area contributed by atoms with Crippen LogP contribution >= 0.6 is 11.3 Å². The maximum absolute atomic E-state index is 5.06. The highest BCUT2D eigenvalue weighted by atomic mass is 32.1. The van der Waals surface area contributed by atoms with E-state index in [1.54, 1.807) is 18.4 Å². The number of anilines is 1. The molecule has 0 bridgehead atoms. The summed E-state index contributed by atoms with van der Waals surface area (Å²) >= 11 is 1.81. The number of nitrogens with zero attached hydrogens (tertiary/aromatic N) is 3. The Labute approximate surface area is 133 Å². The Bertz CT molecular complexity index is 395. The fraction of sp³-hybridized carbons (Fsp3) is 0.800. The Morgan fingerprint density at radius 1 is 1.24 bits per heavy atom. The van der Waals surface area contributed by atoms with E-state index < -0.39 is 0 Å². The summed E-state index contributed by atoms with van der Waals surface area (Å²) in [5.74, 6) is 0. The van der Waals surface area contributed by atoms with E-state index >= 15 is 0 Å². The molecule has 0 saturated heterocycles. The van der Waals surface area contributed by atoms with Gasteiger partial charge < -0.3 is 19.9 Å². The van der Waals surface area contributed by atoms with Gasteiger partial charge in [-0.25, -0.2) is 4.98 Å². The Kier molecular flexibility index (Phi) is 8.84. The number of rotatable bonds is 11. The van der Waals surface area contributed by atoms with Gasteiger partial charge in [0, 0.05) is 38.7 Å². The monoisotopic (exact) mass is 314 g/mol. The van der Waals surface area contributed by atoms with Gasteiger partial charge in [0.25, 0.3) is 0 Å². The van der Waals surface area contributed by atoms with Crippen LogP contribution in [0.25, 0.3) is 0 Å². The molecule has 0 aliphatic rings. The lowest BCUT2D eigenvalue weighted by Gasteiger charge is -2.17. The Morgan fingerprint density at radius 2 is 2.00 bits per heavy atom. The maximum atomic E-state index is 5.06. The van der Waals surface area contributed by atoms with Crippen molar-refractivity contribution >= 4 is 16.5 Å². The smallest absolute Gasteiger partial charge is 0.185 e. The molecule has 0 fully saturated rings. The van der Waals surface area contributed by atoms with Gasteiger partial charge in [0.1, 0.15) is 0 Å². The van der Waals surface area contributed by atoms with Crippen LogP contribution in [0.2, 0.25) is 0 Å². The molecule has 0 saturated carbocycles. The number of aryl methyl sites for hydroxylation is 1. The van der Waals surface area contributed by atoms with E-state index in [0.29, 0.717) is 0 Å². The van der Waals surface area contributed by atoms with Crippen LogP contribution in [0, 0.1) is 0 Å². The molecule has 5 nitrogen and oxygen atoms in total. The fourth-order valence-corrected chi connectivity index (χ4v) is 3.15. The second-order valence-corrected chi connectivity index (χ2v) is 6.53. The molecule has 21 heavy (non-hydrogen) atoms. The molecule has 0 aliphatic carbocycles. The van der Waals surface area contributed by atoms with E-state index in [0.717, 1.165) is 50.8 Å². The third-order valence-corrected chi connectivity index (χ3v) is 4.51. The highest BCUT2D eigenvalue weighted by molar-refractivity contribution is 7.15. The summed E-state index contributed by atoms with van der Waals surface area (Å²) in [4.78, 5) is 10.6. The second-order valence-electron chi connectivity index (χ2n) is 5.47. The molecule has 1 aromatic heterocycles. The lowest BCUT2D eigenvalue weighted by Crippen LogP contribution is -2.23. The van der Waals surface area contributed by atoms with Gasteiger partial charge in [0.05, 0.1) is 12.3 Å². The van der Waals surface area contributed by atoms with Crippen LogP contribution in [0.4, 0.5) is 5.13 Å². The SMILES string of the molecule is CCc1nc(N(C)CCCN(C)C)sc1CNCCOC. The molecule has 0 atom stereocenters. The molecular formula is C15H30N4OS. The molecule has 0 amide bonds. The molecule has 0 unspecified atom stereocenters. The topological polar surface area (TPSA) is 40.6 Å². The first-order chi connectivity index (χ1) is 10.1. The van der Waals surface area contributed by atoms with Crippen LogP contribution in [0.5, 0.6) is 0 Å². The molecule has 0 radical (unpaired) electrons. The van der Waals surface area contributed by atoms with Crippen molar-refractivity contribution in [3.63, 3.8) is 0 Å². The molecule has 1 heterocycles. The molecule has 1 rings (SSSR count). The zero-order valence-electron chi connectivity index (χ0n) is 14.1. The van der Waals surface area contributed by atoms with Gasteiger partial charge in [-0.2, -0.15) is 0 Å².